The summed E-state index contributed by atoms with van der Waals surface area (Å²) in [5.74, 6) is -0.346. The van der Waals surface area contributed by atoms with Gasteiger partial charge < -0.3 is 9.57 Å². The average Bonchev–Trinajstić information content (AvgIpc) is 3.19. The van der Waals surface area contributed by atoms with Gasteiger partial charge in [0.05, 0.1) is 5.69 Å². The van der Waals surface area contributed by atoms with Crippen LogP contribution in [0.5, 0.6) is 0 Å². The van der Waals surface area contributed by atoms with Crippen molar-refractivity contribution in [3.63, 3.8) is 0 Å². The van der Waals surface area contributed by atoms with Crippen LogP contribution in [-0.4, -0.2) is 21.1 Å². The summed E-state index contributed by atoms with van der Waals surface area (Å²) in [6.07, 6.45) is 3.77. The van der Waals surface area contributed by atoms with Gasteiger partial charge in [0.25, 0.3) is 0 Å². The minimum absolute atomic E-state index is 0.113. The number of hydrogen-bond acceptors (Lipinski definition) is 5. The van der Waals surface area contributed by atoms with Crippen molar-refractivity contribution in [2.24, 2.45) is 0 Å². The molecule has 4 rings (SSSR count). The SMILES string of the molecule is O=C(OCc1ccccc1)N1OC=C(c2ccc(F)cc2)C1c1ccncn1. The van der Waals surface area contributed by atoms with E-state index in [2.05, 4.69) is 9.97 Å². The predicted octanol–water partition coefficient (Wildman–Crippen LogP) is 4.28. The molecule has 1 atom stereocenters. The number of rotatable bonds is 4. The molecule has 140 valence electrons. The molecule has 6 nitrogen and oxygen atoms in total. The summed E-state index contributed by atoms with van der Waals surface area (Å²) in [6, 6.07) is 16.3. The van der Waals surface area contributed by atoms with Crippen LogP contribution >= 0.6 is 0 Å². The molecule has 0 saturated heterocycles. The second-order valence-electron chi connectivity index (χ2n) is 6.09. The molecular weight excluding hydrogens is 361 g/mol. The van der Waals surface area contributed by atoms with Gasteiger partial charge in [-0.15, -0.1) is 5.06 Å². The van der Waals surface area contributed by atoms with Crippen molar-refractivity contribution in [1.29, 1.82) is 0 Å². The van der Waals surface area contributed by atoms with Crippen molar-refractivity contribution >= 4 is 11.7 Å². The van der Waals surface area contributed by atoms with E-state index in [1.165, 1.54) is 24.7 Å². The molecule has 7 heteroatoms. The van der Waals surface area contributed by atoms with Crippen LogP contribution in [0.1, 0.15) is 22.9 Å². The summed E-state index contributed by atoms with van der Waals surface area (Å²) >= 11 is 0. The maximum Gasteiger partial charge on any atom is 0.444 e. The Morgan fingerprint density at radius 2 is 1.89 bits per heavy atom. The first kappa shape index (κ1) is 17.7. The molecule has 1 unspecified atom stereocenters. The fraction of sp³-hybridized carbons (Fsp3) is 0.0952. The first-order valence-electron chi connectivity index (χ1n) is 8.61. The molecule has 0 saturated carbocycles. The minimum Gasteiger partial charge on any atom is -0.442 e. The summed E-state index contributed by atoms with van der Waals surface area (Å²) in [4.78, 5) is 26.4. The number of ether oxygens (including phenoxy) is 1. The number of amides is 1. The van der Waals surface area contributed by atoms with E-state index < -0.39 is 12.1 Å². The molecule has 0 N–H and O–H groups in total. The van der Waals surface area contributed by atoms with Crippen LogP contribution in [-0.2, 0) is 16.2 Å². The highest BCUT2D eigenvalue weighted by atomic mass is 19.1. The van der Waals surface area contributed by atoms with Crippen molar-refractivity contribution in [2.75, 3.05) is 0 Å². The number of benzene rings is 2. The molecular formula is C21H16FN3O3. The number of nitrogens with zero attached hydrogens (tertiary/aromatic N) is 3. The van der Waals surface area contributed by atoms with E-state index in [-0.39, 0.29) is 12.4 Å². The molecule has 2 heterocycles. The van der Waals surface area contributed by atoms with Gasteiger partial charge in [-0.2, -0.15) is 0 Å². The third kappa shape index (κ3) is 3.68. The Bertz CT molecular complexity index is 979. The molecule has 0 spiro atoms. The summed E-state index contributed by atoms with van der Waals surface area (Å²) in [5, 5.41) is 1.12. The van der Waals surface area contributed by atoms with Gasteiger partial charge in [0.15, 0.2) is 0 Å². The predicted molar refractivity (Wildman–Crippen MR) is 98.7 cm³/mol. The summed E-state index contributed by atoms with van der Waals surface area (Å²) in [5.41, 5.74) is 2.79. The first-order valence-corrected chi connectivity index (χ1v) is 8.61. The fourth-order valence-corrected chi connectivity index (χ4v) is 2.91. The fourth-order valence-electron chi connectivity index (χ4n) is 2.91. The van der Waals surface area contributed by atoms with Crippen LogP contribution in [0.15, 0.2) is 79.4 Å². The Morgan fingerprint density at radius 1 is 1.11 bits per heavy atom. The quantitative estimate of drug-likeness (QED) is 0.679. The molecule has 1 aliphatic rings. The van der Waals surface area contributed by atoms with Gasteiger partial charge >= 0.3 is 6.09 Å². The second kappa shape index (κ2) is 7.87. The Kier molecular flexibility index (Phi) is 4.97. The number of hydroxylamine groups is 2. The smallest absolute Gasteiger partial charge is 0.442 e. The number of carbonyl (C=O) groups excluding carboxylic acids is 1. The van der Waals surface area contributed by atoms with Crippen molar-refractivity contribution in [3.05, 3.63) is 102 Å². The molecule has 0 bridgehead atoms. The van der Waals surface area contributed by atoms with E-state index >= 15 is 0 Å². The van der Waals surface area contributed by atoms with Crippen molar-refractivity contribution in [3.8, 4) is 0 Å². The zero-order valence-corrected chi connectivity index (χ0v) is 14.7. The second-order valence-corrected chi connectivity index (χ2v) is 6.09. The number of halogens is 1. The standard InChI is InChI=1S/C21H16FN3O3/c22-17-8-6-16(7-9-17)18-13-28-25(20(18)19-10-11-23-14-24-19)21(26)27-12-15-4-2-1-3-5-15/h1-11,13-14,20H,12H2. The number of carbonyl (C=O) groups is 1. The van der Waals surface area contributed by atoms with Crippen molar-refractivity contribution in [1.82, 2.24) is 15.0 Å². The molecule has 2 aromatic carbocycles. The largest absolute Gasteiger partial charge is 0.444 e. The highest BCUT2D eigenvalue weighted by Crippen LogP contribution is 2.39. The summed E-state index contributed by atoms with van der Waals surface area (Å²) < 4.78 is 18.7. The normalized spacial score (nSPS) is 15.7. The van der Waals surface area contributed by atoms with Crippen LogP contribution in [0.2, 0.25) is 0 Å². The van der Waals surface area contributed by atoms with E-state index in [4.69, 9.17) is 9.57 Å². The summed E-state index contributed by atoms with van der Waals surface area (Å²) in [7, 11) is 0. The molecule has 3 aromatic rings. The van der Waals surface area contributed by atoms with E-state index in [1.54, 1.807) is 24.4 Å². The van der Waals surface area contributed by atoms with Crippen LogP contribution in [0.3, 0.4) is 0 Å². The zero-order valence-electron chi connectivity index (χ0n) is 14.7. The Labute approximate surface area is 160 Å². The number of aromatic nitrogens is 2. The monoisotopic (exact) mass is 377 g/mol. The maximum atomic E-state index is 13.3. The lowest BCUT2D eigenvalue weighted by molar-refractivity contribution is -0.0879. The van der Waals surface area contributed by atoms with Gasteiger partial charge in [0, 0.05) is 11.8 Å². The van der Waals surface area contributed by atoms with Gasteiger partial charge in [0.1, 0.15) is 31.1 Å². The zero-order chi connectivity index (χ0) is 19.3. The molecule has 0 aliphatic carbocycles. The van der Waals surface area contributed by atoms with Crippen molar-refractivity contribution < 1.29 is 18.8 Å². The molecule has 0 fully saturated rings. The summed E-state index contributed by atoms with van der Waals surface area (Å²) in [6.45, 7) is 0.113. The number of hydrogen-bond donors (Lipinski definition) is 0. The topological polar surface area (TPSA) is 64.5 Å². The van der Waals surface area contributed by atoms with Crippen LogP contribution in [0.4, 0.5) is 9.18 Å². The van der Waals surface area contributed by atoms with Crippen LogP contribution < -0.4 is 0 Å². The van der Waals surface area contributed by atoms with Crippen molar-refractivity contribution in [2.45, 2.75) is 12.6 Å². The first-order chi connectivity index (χ1) is 13.7. The van der Waals surface area contributed by atoms with Gasteiger partial charge in [-0.05, 0) is 29.3 Å². The van der Waals surface area contributed by atoms with E-state index in [9.17, 15) is 9.18 Å². The van der Waals surface area contributed by atoms with E-state index in [0.29, 0.717) is 16.8 Å². The third-order valence-electron chi connectivity index (χ3n) is 4.27. The average molecular weight is 377 g/mol. The van der Waals surface area contributed by atoms with Gasteiger partial charge in [-0.3, -0.25) is 0 Å². The Balaban J connectivity index is 1.58. The van der Waals surface area contributed by atoms with Gasteiger partial charge in [-0.25, -0.2) is 19.2 Å². The van der Waals surface area contributed by atoms with Gasteiger partial charge in [-0.1, -0.05) is 42.5 Å². The lowest BCUT2D eigenvalue weighted by Gasteiger charge is -2.23. The van der Waals surface area contributed by atoms with Gasteiger partial charge in [0.2, 0.25) is 0 Å². The van der Waals surface area contributed by atoms with Crippen LogP contribution in [0.25, 0.3) is 5.57 Å². The van der Waals surface area contributed by atoms with Crippen LogP contribution in [0, 0.1) is 5.82 Å². The van der Waals surface area contributed by atoms with E-state index in [0.717, 1.165) is 10.6 Å². The molecule has 1 amide bonds. The highest BCUT2D eigenvalue weighted by Gasteiger charge is 2.38. The van der Waals surface area contributed by atoms with E-state index in [1.807, 2.05) is 30.3 Å². The minimum atomic E-state index is -0.652. The highest BCUT2D eigenvalue weighted by molar-refractivity contribution is 5.77. The molecule has 1 aromatic heterocycles. The third-order valence-corrected chi connectivity index (χ3v) is 4.27. The molecule has 1 aliphatic heterocycles. The lowest BCUT2D eigenvalue weighted by Crippen LogP contribution is -2.31. The lowest BCUT2D eigenvalue weighted by atomic mass is 9.97. The maximum absolute atomic E-state index is 13.3. The molecule has 28 heavy (non-hydrogen) atoms. The molecule has 0 radical (unpaired) electrons. The Morgan fingerprint density at radius 3 is 2.61 bits per heavy atom. The Hall–Kier alpha value is -3.74.